The molecule has 0 radical (unpaired) electrons. The van der Waals surface area contributed by atoms with Gasteiger partial charge in [0.05, 0.1) is 31.2 Å². The lowest BCUT2D eigenvalue weighted by Crippen LogP contribution is -2.30. The van der Waals surface area contributed by atoms with Crippen LogP contribution in [0.15, 0.2) is 54.6 Å². The van der Waals surface area contributed by atoms with Crippen LogP contribution in [-0.4, -0.2) is 30.7 Å². The van der Waals surface area contributed by atoms with E-state index in [1.54, 1.807) is 14.2 Å². The Morgan fingerprint density at radius 1 is 1.00 bits per heavy atom. The third-order valence-corrected chi connectivity index (χ3v) is 4.61. The molecule has 0 spiro atoms. The Labute approximate surface area is 165 Å². The topological polar surface area (TPSA) is 52.5 Å². The van der Waals surface area contributed by atoms with Crippen molar-refractivity contribution in [1.82, 2.24) is 9.88 Å². The molecule has 0 atom stereocenters. The fourth-order valence-electron chi connectivity index (χ4n) is 3.28. The maximum Gasteiger partial charge on any atom is 0.253 e. The predicted octanol–water partition coefficient (Wildman–Crippen LogP) is 4.61. The van der Waals surface area contributed by atoms with Crippen LogP contribution in [0.4, 0.5) is 0 Å². The minimum atomic E-state index is -0.0923. The molecule has 0 aliphatic rings. The number of ether oxygens (including phenoxy) is 2. The van der Waals surface area contributed by atoms with Gasteiger partial charge in [0.15, 0.2) is 0 Å². The molecule has 0 aliphatic carbocycles. The number of hydrogen-bond acceptors (Lipinski definition) is 3. The molecule has 0 saturated heterocycles. The summed E-state index contributed by atoms with van der Waals surface area (Å²) in [6.07, 6.45) is 0. The molecule has 5 nitrogen and oxygen atoms in total. The average molecular weight is 378 g/mol. The van der Waals surface area contributed by atoms with E-state index in [-0.39, 0.29) is 11.9 Å². The van der Waals surface area contributed by atoms with Crippen molar-refractivity contribution in [3.05, 3.63) is 65.9 Å². The predicted molar refractivity (Wildman–Crippen MR) is 112 cm³/mol. The van der Waals surface area contributed by atoms with E-state index in [0.29, 0.717) is 11.3 Å². The second-order valence-corrected chi connectivity index (χ2v) is 6.90. The summed E-state index contributed by atoms with van der Waals surface area (Å²) in [5.74, 6) is 1.33. The van der Waals surface area contributed by atoms with Gasteiger partial charge in [0, 0.05) is 17.8 Å². The van der Waals surface area contributed by atoms with Gasteiger partial charge in [0.2, 0.25) is 0 Å². The number of hydrogen-bond donors (Lipinski definition) is 1. The molecule has 1 N–H and O–H groups in total. The summed E-state index contributed by atoms with van der Waals surface area (Å²) in [6, 6.07) is 17.6. The quantitative estimate of drug-likeness (QED) is 0.682. The zero-order valence-electron chi connectivity index (χ0n) is 16.9. The first kappa shape index (κ1) is 19.5. The highest BCUT2D eigenvalue weighted by atomic mass is 16.5. The van der Waals surface area contributed by atoms with Gasteiger partial charge < -0.3 is 19.4 Å². The maximum absolute atomic E-state index is 12.8. The van der Waals surface area contributed by atoms with E-state index in [4.69, 9.17) is 9.47 Å². The van der Waals surface area contributed by atoms with Crippen molar-refractivity contribution in [2.75, 3.05) is 14.2 Å². The number of benzene rings is 2. The lowest BCUT2D eigenvalue weighted by molar-refractivity contribution is 0.0942. The Kier molecular flexibility index (Phi) is 5.73. The van der Waals surface area contributed by atoms with Crippen LogP contribution in [0, 0.1) is 6.92 Å². The molecular weight excluding hydrogens is 352 g/mol. The summed E-state index contributed by atoms with van der Waals surface area (Å²) in [7, 11) is 3.27. The normalized spacial score (nSPS) is 10.8. The van der Waals surface area contributed by atoms with E-state index >= 15 is 0 Å². The van der Waals surface area contributed by atoms with Gasteiger partial charge in [-0.3, -0.25) is 4.79 Å². The second-order valence-electron chi connectivity index (χ2n) is 6.90. The van der Waals surface area contributed by atoms with Gasteiger partial charge in [-0.25, -0.2) is 0 Å². The number of methoxy groups -OCH3 is 2. The van der Waals surface area contributed by atoms with Crippen molar-refractivity contribution >= 4 is 5.91 Å². The molecule has 2 aromatic carbocycles. The number of nitrogens with one attached hydrogen (secondary N) is 1. The maximum atomic E-state index is 12.8. The van der Waals surface area contributed by atoms with Crippen molar-refractivity contribution in [2.24, 2.45) is 0 Å². The number of aromatic nitrogens is 1. The Bertz CT molecular complexity index is 975. The van der Waals surface area contributed by atoms with Crippen molar-refractivity contribution < 1.29 is 14.3 Å². The molecule has 0 bridgehead atoms. The first-order valence-corrected chi connectivity index (χ1v) is 9.27. The highest BCUT2D eigenvalue weighted by molar-refractivity contribution is 5.97. The van der Waals surface area contributed by atoms with Crippen LogP contribution in [0.2, 0.25) is 0 Å². The van der Waals surface area contributed by atoms with Gasteiger partial charge in [0.1, 0.15) is 11.5 Å². The minimum Gasteiger partial charge on any atom is -0.497 e. The van der Waals surface area contributed by atoms with Gasteiger partial charge in [-0.15, -0.1) is 0 Å². The number of rotatable bonds is 6. The van der Waals surface area contributed by atoms with Gasteiger partial charge in [-0.1, -0.05) is 30.3 Å². The van der Waals surface area contributed by atoms with E-state index in [1.165, 1.54) is 0 Å². The molecule has 1 aromatic heterocycles. The summed E-state index contributed by atoms with van der Waals surface area (Å²) >= 11 is 0. The summed E-state index contributed by atoms with van der Waals surface area (Å²) in [5, 5.41) is 2.99. The molecule has 1 amide bonds. The molecule has 3 aromatic rings. The van der Waals surface area contributed by atoms with Crippen LogP contribution < -0.4 is 14.8 Å². The minimum absolute atomic E-state index is 0.0572. The summed E-state index contributed by atoms with van der Waals surface area (Å²) in [4.78, 5) is 12.8. The Morgan fingerprint density at radius 3 is 2.32 bits per heavy atom. The van der Waals surface area contributed by atoms with E-state index in [2.05, 4.69) is 5.32 Å². The number of carbonyl (C=O) groups excluding carboxylic acids is 1. The standard InChI is InChI=1S/C23H26N2O3/c1-15(2)24-23(26)19-14-20(17-9-7-6-8-10-17)25(16(19)3)21-13-18(27-4)11-12-22(21)28-5/h6-15H,1-5H3,(H,24,26). The largest absolute Gasteiger partial charge is 0.497 e. The summed E-state index contributed by atoms with van der Waals surface area (Å²) < 4.78 is 13.1. The number of carbonyl (C=O) groups is 1. The molecule has 0 unspecified atom stereocenters. The van der Waals surface area contributed by atoms with Crippen LogP contribution in [0.5, 0.6) is 11.5 Å². The fraction of sp³-hybridized carbons (Fsp3) is 0.261. The summed E-state index contributed by atoms with van der Waals surface area (Å²) in [5.41, 5.74) is 4.22. The van der Waals surface area contributed by atoms with Crippen LogP contribution in [0.3, 0.4) is 0 Å². The zero-order chi connectivity index (χ0) is 20.3. The lowest BCUT2D eigenvalue weighted by Gasteiger charge is -2.17. The van der Waals surface area contributed by atoms with E-state index in [1.807, 2.05) is 79.9 Å². The van der Waals surface area contributed by atoms with Gasteiger partial charge >= 0.3 is 0 Å². The molecule has 5 heteroatoms. The molecular formula is C23H26N2O3. The van der Waals surface area contributed by atoms with Crippen molar-refractivity contribution in [2.45, 2.75) is 26.8 Å². The van der Waals surface area contributed by atoms with Crippen molar-refractivity contribution in [1.29, 1.82) is 0 Å². The highest BCUT2D eigenvalue weighted by Gasteiger charge is 2.22. The molecule has 0 aliphatic heterocycles. The monoisotopic (exact) mass is 378 g/mol. The first-order chi connectivity index (χ1) is 13.5. The average Bonchev–Trinajstić information content (AvgIpc) is 3.04. The van der Waals surface area contributed by atoms with Gasteiger partial charge in [0.25, 0.3) is 5.91 Å². The molecule has 0 fully saturated rings. The van der Waals surface area contributed by atoms with E-state index in [9.17, 15) is 4.79 Å². The fourth-order valence-corrected chi connectivity index (χ4v) is 3.28. The zero-order valence-corrected chi connectivity index (χ0v) is 16.9. The molecule has 3 rings (SSSR count). The Hall–Kier alpha value is -3.21. The molecule has 146 valence electrons. The van der Waals surface area contributed by atoms with Crippen molar-refractivity contribution in [3.63, 3.8) is 0 Å². The van der Waals surface area contributed by atoms with Crippen LogP contribution >= 0.6 is 0 Å². The Balaban J connectivity index is 2.28. The smallest absolute Gasteiger partial charge is 0.253 e. The van der Waals surface area contributed by atoms with E-state index in [0.717, 1.165) is 28.4 Å². The van der Waals surface area contributed by atoms with Crippen LogP contribution in [0.1, 0.15) is 29.9 Å². The second kappa shape index (κ2) is 8.21. The first-order valence-electron chi connectivity index (χ1n) is 9.27. The SMILES string of the molecule is COc1ccc(OC)c(-n2c(-c3ccccc3)cc(C(=O)NC(C)C)c2C)c1. The number of amides is 1. The van der Waals surface area contributed by atoms with Gasteiger partial charge in [-0.05, 0) is 44.5 Å². The van der Waals surface area contributed by atoms with Crippen LogP contribution in [0.25, 0.3) is 16.9 Å². The van der Waals surface area contributed by atoms with E-state index < -0.39 is 0 Å². The third-order valence-electron chi connectivity index (χ3n) is 4.61. The van der Waals surface area contributed by atoms with Gasteiger partial charge in [-0.2, -0.15) is 0 Å². The van der Waals surface area contributed by atoms with Crippen LogP contribution in [-0.2, 0) is 0 Å². The third kappa shape index (κ3) is 3.74. The number of nitrogens with zero attached hydrogens (tertiary/aromatic N) is 1. The molecule has 1 heterocycles. The summed E-state index contributed by atoms with van der Waals surface area (Å²) in [6.45, 7) is 5.85. The van der Waals surface area contributed by atoms with Crippen molar-refractivity contribution in [3.8, 4) is 28.4 Å². The molecule has 28 heavy (non-hydrogen) atoms. The highest BCUT2D eigenvalue weighted by Crippen LogP contribution is 2.35. The molecule has 0 saturated carbocycles. The lowest BCUT2D eigenvalue weighted by atomic mass is 10.1. The Morgan fingerprint density at radius 2 is 1.71 bits per heavy atom.